The van der Waals surface area contributed by atoms with Gasteiger partial charge in [-0.05, 0) is 17.7 Å². The molecule has 0 atom stereocenters. The molecule has 104 valence electrons. The fourth-order valence-electron chi connectivity index (χ4n) is 1.55. The van der Waals surface area contributed by atoms with E-state index < -0.39 is 11.8 Å². The molecule has 0 spiro atoms. The molecule has 2 aromatic rings. The highest BCUT2D eigenvalue weighted by molar-refractivity contribution is 5.71. The second kappa shape index (κ2) is 6.56. The Kier molecular flexibility index (Phi) is 4.55. The molecule has 0 saturated carbocycles. The maximum absolute atomic E-state index is 13.4. The Morgan fingerprint density at radius 2 is 1.90 bits per heavy atom. The number of nitrogen functional groups attached to an aromatic ring is 1. The molecule has 4 nitrogen and oxygen atoms in total. The summed E-state index contributed by atoms with van der Waals surface area (Å²) in [5.41, 5.74) is 6.58. The van der Waals surface area contributed by atoms with E-state index in [2.05, 4.69) is 0 Å². The Morgan fingerprint density at radius 1 is 1.15 bits per heavy atom. The normalized spacial score (nSPS) is 10.1. The number of anilines is 1. The third-order valence-corrected chi connectivity index (χ3v) is 2.54. The van der Waals surface area contributed by atoms with Gasteiger partial charge in [0.15, 0.2) is 18.2 Å². The molecule has 0 amide bonds. The highest BCUT2D eigenvalue weighted by atomic mass is 19.1. The summed E-state index contributed by atoms with van der Waals surface area (Å²) < 4.78 is 23.4. The van der Waals surface area contributed by atoms with E-state index in [4.69, 9.17) is 15.2 Å². The maximum Gasteiger partial charge on any atom is 0.344 e. The topological polar surface area (TPSA) is 61.5 Å². The van der Waals surface area contributed by atoms with Crippen molar-refractivity contribution in [2.75, 3.05) is 12.3 Å². The summed E-state index contributed by atoms with van der Waals surface area (Å²) >= 11 is 0. The Balaban J connectivity index is 1.80. The number of halogens is 1. The molecule has 0 bridgehead atoms. The van der Waals surface area contributed by atoms with Crippen molar-refractivity contribution < 1.29 is 18.7 Å². The second-order valence-corrected chi connectivity index (χ2v) is 4.12. The third-order valence-electron chi connectivity index (χ3n) is 2.54. The van der Waals surface area contributed by atoms with Gasteiger partial charge in [-0.15, -0.1) is 0 Å². The van der Waals surface area contributed by atoms with Gasteiger partial charge in [-0.1, -0.05) is 30.3 Å². The molecule has 5 heteroatoms. The molecule has 0 fully saturated rings. The summed E-state index contributed by atoms with van der Waals surface area (Å²) in [5, 5.41) is 0. The average Bonchev–Trinajstić information content (AvgIpc) is 2.45. The van der Waals surface area contributed by atoms with E-state index in [1.165, 1.54) is 12.1 Å². The summed E-state index contributed by atoms with van der Waals surface area (Å²) in [5.74, 6) is -1.21. The number of carbonyl (C=O) groups excluding carboxylic acids is 1. The van der Waals surface area contributed by atoms with E-state index in [-0.39, 0.29) is 19.0 Å². The Hall–Kier alpha value is -2.56. The second-order valence-electron chi connectivity index (χ2n) is 4.12. The van der Waals surface area contributed by atoms with Crippen LogP contribution in [0.4, 0.5) is 10.1 Å². The van der Waals surface area contributed by atoms with Gasteiger partial charge >= 0.3 is 5.97 Å². The van der Waals surface area contributed by atoms with Gasteiger partial charge in [0.1, 0.15) is 6.61 Å². The number of rotatable bonds is 5. The molecule has 2 rings (SSSR count). The van der Waals surface area contributed by atoms with Gasteiger partial charge in [-0.3, -0.25) is 0 Å². The van der Waals surface area contributed by atoms with Gasteiger partial charge in [-0.25, -0.2) is 9.18 Å². The standard InChI is InChI=1S/C15H14FNO3/c16-13-8-12(17)6-7-14(13)19-10-15(18)20-9-11-4-2-1-3-5-11/h1-8H,9-10,17H2. The van der Waals surface area contributed by atoms with E-state index in [9.17, 15) is 9.18 Å². The molecule has 2 aromatic carbocycles. The lowest BCUT2D eigenvalue weighted by Gasteiger charge is -2.08. The van der Waals surface area contributed by atoms with E-state index in [0.717, 1.165) is 11.6 Å². The van der Waals surface area contributed by atoms with Crippen LogP contribution in [0.2, 0.25) is 0 Å². The van der Waals surface area contributed by atoms with Gasteiger partial charge in [0.05, 0.1) is 0 Å². The molecule has 0 saturated heterocycles. The van der Waals surface area contributed by atoms with Crippen LogP contribution in [-0.2, 0) is 16.1 Å². The molecular formula is C15H14FNO3. The lowest BCUT2D eigenvalue weighted by molar-refractivity contribution is -0.147. The average molecular weight is 275 g/mol. The SMILES string of the molecule is Nc1ccc(OCC(=O)OCc2ccccc2)c(F)c1. The van der Waals surface area contributed by atoms with Gasteiger partial charge in [-0.2, -0.15) is 0 Å². The van der Waals surface area contributed by atoms with Crippen LogP contribution in [0, 0.1) is 5.82 Å². The highest BCUT2D eigenvalue weighted by Crippen LogP contribution is 2.19. The van der Waals surface area contributed by atoms with Crippen molar-refractivity contribution in [1.29, 1.82) is 0 Å². The first-order valence-corrected chi connectivity index (χ1v) is 6.02. The molecule has 0 aliphatic rings. The van der Waals surface area contributed by atoms with E-state index in [1.807, 2.05) is 30.3 Å². The molecule has 0 heterocycles. The summed E-state index contributed by atoms with van der Waals surface area (Å²) in [6.45, 7) is -0.194. The smallest absolute Gasteiger partial charge is 0.344 e. The fourth-order valence-corrected chi connectivity index (χ4v) is 1.55. The van der Waals surface area contributed by atoms with Crippen molar-refractivity contribution in [2.24, 2.45) is 0 Å². The number of hydrogen-bond acceptors (Lipinski definition) is 4. The van der Waals surface area contributed by atoms with Crippen LogP contribution >= 0.6 is 0 Å². The first-order valence-electron chi connectivity index (χ1n) is 6.02. The molecule has 0 radical (unpaired) electrons. The Bertz CT molecular complexity index is 587. The van der Waals surface area contributed by atoms with Crippen LogP contribution in [0.5, 0.6) is 5.75 Å². The number of benzene rings is 2. The van der Waals surface area contributed by atoms with Gasteiger partial charge in [0, 0.05) is 11.8 Å². The van der Waals surface area contributed by atoms with Crippen molar-refractivity contribution in [3.05, 3.63) is 59.9 Å². The van der Waals surface area contributed by atoms with Crippen LogP contribution in [0.15, 0.2) is 48.5 Å². The monoisotopic (exact) mass is 275 g/mol. The quantitative estimate of drug-likeness (QED) is 0.673. The van der Waals surface area contributed by atoms with E-state index in [1.54, 1.807) is 0 Å². The van der Waals surface area contributed by atoms with Crippen molar-refractivity contribution in [3.63, 3.8) is 0 Å². The van der Waals surface area contributed by atoms with Crippen LogP contribution in [0.1, 0.15) is 5.56 Å². The number of hydrogen-bond donors (Lipinski definition) is 1. The highest BCUT2D eigenvalue weighted by Gasteiger charge is 2.08. The minimum Gasteiger partial charge on any atom is -0.479 e. The largest absolute Gasteiger partial charge is 0.479 e. The molecule has 2 N–H and O–H groups in total. The zero-order valence-electron chi connectivity index (χ0n) is 10.7. The summed E-state index contributed by atoms with van der Waals surface area (Å²) in [6, 6.07) is 13.3. The predicted octanol–water partition coefficient (Wildman–Crippen LogP) is 2.53. The number of ether oxygens (including phenoxy) is 2. The van der Waals surface area contributed by atoms with Gasteiger partial charge < -0.3 is 15.2 Å². The fraction of sp³-hybridized carbons (Fsp3) is 0.133. The zero-order chi connectivity index (χ0) is 14.4. The zero-order valence-corrected chi connectivity index (χ0v) is 10.7. The molecule has 0 unspecified atom stereocenters. The summed E-state index contributed by atoms with van der Waals surface area (Å²) in [4.78, 5) is 11.5. The third kappa shape index (κ3) is 3.98. The first kappa shape index (κ1) is 13.9. The Labute approximate surface area is 115 Å². The van der Waals surface area contributed by atoms with Crippen molar-refractivity contribution in [2.45, 2.75) is 6.61 Å². The van der Waals surface area contributed by atoms with Crippen LogP contribution in [0.25, 0.3) is 0 Å². The van der Waals surface area contributed by atoms with Crippen LogP contribution in [0.3, 0.4) is 0 Å². The van der Waals surface area contributed by atoms with Gasteiger partial charge in [0.25, 0.3) is 0 Å². The van der Waals surface area contributed by atoms with Crippen LogP contribution < -0.4 is 10.5 Å². The van der Waals surface area contributed by atoms with Crippen molar-refractivity contribution in [3.8, 4) is 5.75 Å². The number of carbonyl (C=O) groups is 1. The maximum atomic E-state index is 13.4. The molecular weight excluding hydrogens is 261 g/mol. The van der Waals surface area contributed by atoms with E-state index in [0.29, 0.717) is 5.69 Å². The Morgan fingerprint density at radius 3 is 2.60 bits per heavy atom. The molecule has 0 aromatic heterocycles. The summed E-state index contributed by atoms with van der Waals surface area (Å²) in [7, 11) is 0. The molecule has 0 aliphatic carbocycles. The number of nitrogens with two attached hydrogens (primary N) is 1. The van der Waals surface area contributed by atoms with Crippen LogP contribution in [-0.4, -0.2) is 12.6 Å². The lowest BCUT2D eigenvalue weighted by Crippen LogP contribution is -2.15. The molecule has 0 aliphatic heterocycles. The predicted molar refractivity (Wildman–Crippen MR) is 72.5 cm³/mol. The first-order chi connectivity index (χ1) is 9.65. The minimum absolute atomic E-state index is 0.0316. The number of esters is 1. The van der Waals surface area contributed by atoms with Gasteiger partial charge in [0.2, 0.25) is 0 Å². The van der Waals surface area contributed by atoms with E-state index >= 15 is 0 Å². The summed E-state index contributed by atoms with van der Waals surface area (Å²) in [6.07, 6.45) is 0. The molecule has 20 heavy (non-hydrogen) atoms. The van der Waals surface area contributed by atoms with Crippen molar-refractivity contribution >= 4 is 11.7 Å². The lowest BCUT2D eigenvalue weighted by atomic mass is 10.2. The minimum atomic E-state index is -0.610. The van der Waals surface area contributed by atoms with Crippen molar-refractivity contribution in [1.82, 2.24) is 0 Å².